The number of nitrogens with zero attached hydrogens (tertiary/aromatic N) is 4. The molecule has 1 fully saturated rings. The number of amides is 1. The molecule has 0 saturated carbocycles. The normalized spacial score (nSPS) is 18.3. The van der Waals surface area contributed by atoms with Crippen LogP contribution in [0.4, 0.5) is 5.82 Å². The fraction of sp³-hybridized carbons (Fsp3) is 0.438. The zero-order chi connectivity index (χ0) is 15.5. The number of carbonyl (C=O) groups excluding carboxylic acids is 1. The number of likely N-dealkylation sites (N-methyl/N-ethyl adjacent to an activating group) is 1. The Balaban J connectivity index is 1.70. The smallest absolute Gasteiger partial charge is 0.276 e. The average Bonchev–Trinajstić information content (AvgIpc) is 3.01. The van der Waals surface area contributed by atoms with Gasteiger partial charge in [-0.05, 0) is 31.9 Å². The molecule has 2 aromatic heterocycles. The lowest BCUT2D eigenvalue weighted by Gasteiger charge is -2.37. The standard InChI is InChI=1S/C16H20N4O2/c1-12-10-14(18-22-12)16(21)19(2)13-6-5-9-20(11-13)15-7-3-4-8-17-15/h3-4,7-8,10,13H,5-6,9,11H2,1-2H3/t13-/m0/s1. The second-order valence-corrected chi connectivity index (χ2v) is 5.67. The maximum atomic E-state index is 12.5. The number of piperidine rings is 1. The number of rotatable bonds is 3. The van der Waals surface area contributed by atoms with E-state index in [0.717, 1.165) is 31.7 Å². The van der Waals surface area contributed by atoms with Gasteiger partial charge in [0.1, 0.15) is 11.6 Å². The molecule has 3 rings (SSSR count). The van der Waals surface area contributed by atoms with Crippen molar-refractivity contribution >= 4 is 11.7 Å². The molecule has 3 heterocycles. The highest BCUT2D eigenvalue weighted by Gasteiger charge is 2.28. The van der Waals surface area contributed by atoms with E-state index in [1.165, 1.54) is 0 Å². The van der Waals surface area contributed by atoms with Gasteiger partial charge in [0.05, 0.1) is 0 Å². The predicted molar refractivity (Wildman–Crippen MR) is 82.8 cm³/mol. The van der Waals surface area contributed by atoms with E-state index in [1.54, 1.807) is 24.1 Å². The Kier molecular flexibility index (Phi) is 4.09. The molecule has 6 nitrogen and oxygen atoms in total. The van der Waals surface area contributed by atoms with E-state index in [0.29, 0.717) is 11.5 Å². The molecule has 22 heavy (non-hydrogen) atoms. The van der Waals surface area contributed by atoms with Gasteiger partial charge in [0.25, 0.3) is 5.91 Å². The van der Waals surface area contributed by atoms with Crippen molar-refractivity contribution in [1.29, 1.82) is 0 Å². The summed E-state index contributed by atoms with van der Waals surface area (Å²) in [5.41, 5.74) is 0.370. The van der Waals surface area contributed by atoms with Crippen LogP contribution in [0, 0.1) is 6.92 Å². The lowest BCUT2D eigenvalue weighted by Crippen LogP contribution is -2.49. The third-order valence-corrected chi connectivity index (χ3v) is 4.08. The molecule has 0 bridgehead atoms. The van der Waals surface area contributed by atoms with E-state index < -0.39 is 0 Å². The number of carbonyl (C=O) groups is 1. The summed E-state index contributed by atoms with van der Waals surface area (Å²) in [7, 11) is 1.83. The molecule has 1 aliphatic heterocycles. The Morgan fingerprint density at radius 2 is 2.32 bits per heavy atom. The van der Waals surface area contributed by atoms with E-state index in [1.807, 2.05) is 25.2 Å². The first-order valence-corrected chi connectivity index (χ1v) is 7.51. The van der Waals surface area contributed by atoms with Gasteiger partial charge >= 0.3 is 0 Å². The van der Waals surface area contributed by atoms with Gasteiger partial charge in [0, 0.05) is 38.4 Å². The van der Waals surface area contributed by atoms with Crippen LogP contribution < -0.4 is 4.90 Å². The van der Waals surface area contributed by atoms with Crippen LogP contribution in [0.2, 0.25) is 0 Å². The van der Waals surface area contributed by atoms with Gasteiger partial charge in [0.2, 0.25) is 0 Å². The molecule has 0 aliphatic carbocycles. The highest BCUT2D eigenvalue weighted by molar-refractivity contribution is 5.92. The number of pyridine rings is 1. The van der Waals surface area contributed by atoms with Crippen molar-refractivity contribution < 1.29 is 9.32 Å². The largest absolute Gasteiger partial charge is 0.361 e. The van der Waals surface area contributed by atoms with E-state index in [4.69, 9.17) is 4.52 Å². The molecule has 1 aliphatic rings. The van der Waals surface area contributed by atoms with Crippen LogP contribution in [-0.2, 0) is 0 Å². The van der Waals surface area contributed by atoms with E-state index in [2.05, 4.69) is 15.0 Å². The van der Waals surface area contributed by atoms with Crippen LogP contribution in [-0.4, -0.2) is 47.1 Å². The number of hydrogen-bond donors (Lipinski definition) is 0. The quantitative estimate of drug-likeness (QED) is 0.869. The number of anilines is 1. The van der Waals surface area contributed by atoms with Crippen molar-refractivity contribution in [2.45, 2.75) is 25.8 Å². The first-order valence-electron chi connectivity index (χ1n) is 7.51. The molecule has 6 heteroatoms. The van der Waals surface area contributed by atoms with Crippen molar-refractivity contribution in [3.8, 4) is 0 Å². The highest BCUT2D eigenvalue weighted by atomic mass is 16.5. The molecular formula is C16H20N4O2. The third-order valence-electron chi connectivity index (χ3n) is 4.08. The van der Waals surface area contributed by atoms with E-state index >= 15 is 0 Å². The summed E-state index contributed by atoms with van der Waals surface area (Å²) >= 11 is 0. The highest BCUT2D eigenvalue weighted by Crippen LogP contribution is 2.21. The van der Waals surface area contributed by atoms with Crippen LogP contribution in [0.25, 0.3) is 0 Å². The first kappa shape index (κ1) is 14.6. The molecule has 1 atom stereocenters. The molecule has 116 valence electrons. The van der Waals surface area contributed by atoms with Gasteiger partial charge in [-0.3, -0.25) is 4.79 Å². The van der Waals surface area contributed by atoms with Crippen LogP contribution in [0.3, 0.4) is 0 Å². The van der Waals surface area contributed by atoms with Gasteiger partial charge in [0.15, 0.2) is 5.69 Å². The Morgan fingerprint density at radius 1 is 1.45 bits per heavy atom. The predicted octanol–water partition coefficient (Wildman–Crippen LogP) is 2.12. The van der Waals surface area contributed by atoms with Crippen LogP contribution in [0.5, 0.6) is 0 Å². The average molecular weight is 300 g/mol. The number of hydrogen-bond acceptors (Lipinski definition) is 5. The summed E-state index contributed by atoms with van der Waals surface area (Å²) in [5.74, 6) is 1.52. The Labute approximate surface area is 129 Å². The minimum Gasteiger partial charge on any atom is -0.361 e. The van der Waals surface area contributed by atoms with Crippen molar-refractivity contribution in [2.75, 3.05) is 25.0 Å². The van der Waals surface area contributed by atoms with Crippen molar-refractivity contribution in [2.24, 2.45) is 0 Å². The Hall–Kier alpha value is -2.37. The Bertz CT molecular complexity index is 641. The fourth-order valence-electron chi connectivity index (χ4n) is 2.83. The topological polar surface area (TPSA) is 62.5 Å². The first-order chi connectivity index (χ1) is 10.6. The number of aromatic nitrogens is 2. The van der Waals surface area contributed by atoms with Gasteiger partial charge in [-0.25, -0.2) is 4.98 Å². The third kappa shape index (κ3) is 2.95. The van der Waals surface area contributed by atoms with Gasteiger partial charge < -0.3 is 14.3 Å². The lowest BCUT2D eigenvalue weighted by molar-refractivity contribution is 0.0706. The van der Waals surface area contributed by atoms with Crippen LogP contribution >= 0.6 is 0 Å². The fourth-order valence-corrected chi connectivity index (χ4v) is 2.83. The molecule has 2 aromatic rings. The summed E-state index contributed by atoms with van der Waals surface area (Å²) in [6.45, 7) is 3.54. The van der Waals surface area contributed by atoms with Gasteiger partial charge in [-0.1, -0.05) is 11.2 Å². The maximum absolute atomic E-state index is 12.5. The van der Waals surface area contributed by atoms with Crippen molar-refractivity contribution in [3.05, 3.63) is 41.9 Å². The van der Waals surface area contributed by atoms with Gasteiger partial charge in [-0.15, -0.1) is 0 Å². The molecular weight excluding hydrogens is 280 g/mol. The molecule has 0 N–H and O–H groups in total. The summed E-state index contributed by atoms with van der Waals surface area (Å²) in [6, 6.07) is 7.73. The second kappa shape index (κ2) is 6.17. The summed E-state index contributed by atoms with van der Waals surface area (Å²) in [4.78, 5) is 20.9. The summed E-state index contributed by atoms with van der Waals surface area (Å²) in [6.07, 6.45) is 3.82. The molecule has 0 radical (unpaired) electrons. The van der Waals surface area contributed by atoms with Crippen LogP contribution in [0.1, 0.15) is 29.1 Å². The zero-order valence-electron chi connectivity index (χ0n) is 12.9. The lowest BCUT2D eigenvalue weighted by atomic mass is 10.0. The van der Waals surface area contributed by atoms with Crippen molar-refractivity contribution in [1.82, 2.24) is 15.0 Å². The van der Waals surface area contributed by atoms with E-state index in [-0.39, 0.29) is 11.9 Å². The molecule has 0 spiro atoms. The molecule has 1 amide bonds. The van der Waals surface area contributed by atoms with Crippen molar-refractivity contribution in [3.63, 3.8) is 0 Å². The minimum atomic E-state index is -0.0929. The van der Waals surface area contributed by atoms with E-state index in [9.17, 15) is 4.79 Å². The molecule has 1 saturated heterocycles. The SMILES string of the molecule is Cc1cc(C(=O)N(C)[C@H]2CCCN(c3ccccn3)C2)no1. The monoisotopic (exact) mass is 300 g/mol. The zero-order valence-corrected chi connectivity index (χ0v) is 12.9. The summed E-state index contributed by atoms with van der Waals surface area (Å²) in [5, 5.41) is 3.82. The number of aryl methyl sites for hydroxylation is 1. The molecule has 0 unspecified atom stereocenters. The van der Waals surface area contributed by atoms with Crippen LogP contribution in [0.15, 0.2) is 35.0 Å². The second-order valence-electron chi connectivity index (χ2n) is 5.67. The maximum Gasteiger partial charge on any atom is 0.276 e. The Morgan fingerprint density at radius 3 is 3.00 bits per heavy atom. The molecule has 0 aromatic carbocycles. The summed E-state index contributed by atoms with van der Waals surface area (Å²) < 4.78 is 5.00. The van der Waals surface area contributed by atoms with Gasteiger partial charge in [-0.2, -0.15) is 0 Å². The minimum absolute atomic E-state index is 0.0929.